The number of para-hydroxylation sites is 2. The van der Waals surface area contributed by atoms with E-state index in [0.29, 0.717) is 11.4 Å². The molecule has 1 aliphatic heterocycles. The molecule has 6 nitrogen and oxygen atoms in total. The number of benzene rings is 4. The molecule has 5 rings (SSSR count). The topological polar surface area (TPSA) is 60.9 Å². The molecule has 0 spiro atoms. The Labute approximate surface area is 220 Å². The zero-order chi connectivity index (χ0) is 26.1. The van der Waals surface area contributed by atoms with E-state index in [0.717, 1.165) is 32.5 Å². The van der Waals surface area contributed by atoms with Gasteiger partial charge in [-0.15, -0.1) is 0 Å². The summed E-state index contributed by atoms with van der Waals surface area (Å²) >= 11 is 1.51. The fourth-order valence-corrected chi connectivity index (χ4v) is 5.71. The van der Waals surface area contributed by atoms with Crippen molar-refractivity contribution in [1.82, 2.24) is 0 Å². The minimum atomic E-state index is -0.124. The molecule has 0 aliphatic carbocycles. The molecule has 1 heterocycles. The van der Waals surface area contributed by atoms with Crippen molar-refractivity contribution in [1.29, 1.82) is 0 Å². The predicted octanol–water partition coefficient (Wildman–Crippen LogP) is 7.21. The highest BCUT2D eigenvalue weighted by molar-refractivity contribution is 7.99. The number of carbonyl (C=O) groups excluding carboxylic acids is 3. The molecule has 3 amide bonds. The van der Waals surface area contributed by atoms with Crippen molar-refractivity contribution in [3.8, 4) is 0 Å². The van der Waals surface area contributed by atoms with Crippen molar-refractivity contribution in [2.45, 2.75) is 30.6 Å². The largest absolute Gasteiger partial charge is 0.281 e. The first-order valence-electron chi connectivity index (χ1n) is 11.8. The molecule has 7 heteroatoms. The summed E-state index contributed by atoms with van der Waals surface area (Å²) in [5.74, 6) is -0.350. The number of fused-ring (bicyclic) bond motifs is 2. The Morgan fingerprint density at radius 2 is 0.973 bits per heavy atom. The van der Waals surface area contributed by atoms with Crippen LogP contribution in [0.2, 0.25) is 0 Å². The lowest BCUT2D eigenvalue weighted by molar-refractivity contribution is -0.116. The Morgan fingerprint density at radius 3 is 1.32 bits per heavy atom. The van der Waals surface area contributed by atoms with E-state index in [2.05, 4.69) is 0 Å². The van der Waals surface area contributed by atoms with Crippen LogP contribution in [0.15, 0.2) is 107 Å². The van der Waals surface area contributed by atoms with Crippen LogP contribution in [0.3, 0.4) is 0 Å². The van der Waals surface area contributed by atoms with Gasteiger partial charge >= 0.3 is 0 Å². The van der Waals surface area contributed by atoms with E-state index in [-0.39, 0.29) is 17.7 Å². The van der Waals surface area contributed by atoms with Crippen molar-refractivity contribution in [2.24, 2.45) is 0 Å². The molecule has 0 atom stereocenters. The second-order valence-electron chi connectivity index (χ2n) is 8.64. The summed E-state index contributed by atoms with van der Waals surface area (Å²) in [6.45, 7) is 4.59. The third-order valence-corrected chi connectivity index (χ3v) is 7.17. The van der Waals surface area contributed by atoms with E-state index < -0.39 is 0 Å². The molecule has 0 radical (unpaired) electrons. The number of hydrogen-bond acceptors (Lipinski definition) is 4. The second kappa shape index (κ2) is 9.95. The first-order valence-corrected chi connectivity index (χ1v) is 12.6. The summed E-state index contributed by atoms with van der Waals surface area (Å²) in [5.41, 5.74) is 4.46. The van der Waals surface area contributed by atoms with Gasteiger partial charge in [-0.3, -0.25) is 29.1 Å². The van der Waals surface area contributed by atoms with Gasteiger partial charge < -0.3 is 0 Å². The van der Waals surface area contributed by atoms with E-state index in [9.17, 15) is 14.4 Å². The predicted molar refractivity (Wildman–Crippen MR) is 148 cm³/mol. The Morgan fingerprint density at radius 1 is 0.568 bits per heavy atom. The molecule has 0 fully saturated rings. The van der Waals surface area contributed by atoms with Gasteiger partial charge in [0.05, 0.1) is 22.7 Å². The molecule has 1 aliphatic rings. The molecule has 4 aromatic carbocycles. The van der Waals surface area contributed by atoms with Crippen LogP contribution in [-0.2, 0) is 14.4 Å². The van der Waals surface area contributed by atoms with E-state index in [1.165, 1.54) is 32.5 Å². The summed E-state index contributed by atoms with van der Waals surface area (Å²) in [7, 11) is 0. The number of rotatable bonds is 4. The number of anilines is 6. The zero-order valence-corrected chi connectivity index (χ0v) is 21.5. The Balaban J connectivity index is 1.60. The van der Waals surface area contributed by atoms with Crippen molar-refractivity contribution < 1.29 is 14.4 Å². The molecule has 0 unspecified atom stereocenters. The molecular formula is C30H25N3O3S. The third-order valence-electron chi connectivity index (χ3n) is 6.08. The summed E-state index contributed by atoms with van der Waals surface area (Å²) in [4.78, 5) is 44.7. The number of nitrogens with zero attached hydrogens (tertiary/aromatic N) is 3. The second-order valence-corrected chi connectivity index (χ2v) is 9.72. The standard InChI is InChI=1S/C30H25N3O3S/c1-20(34)31(23-10-6-4-7-11-23)25-14-16-27-29(18-25)37-30-19-26(15-17-28(30)33(27)22(3)36)32(21(2)35)24-12-8-5-9-13-24/h4-19H,1-3H3. The number of carbonyl (C=O) groups is 3. The van der Waals surface area contributed by atoms with Crippen molar-refractivity contribution in [3.05, 3.63) is 97.1 Å². The van der Waals surface area contributed by atoms with Crippen LogP contribution >= 0.6 is 11.8 Å². The van der Waals surface area contributed by atoms with Gasteiger partial charge in [-0.25, -0.2) is 0 Å². The molecule has 0 saturated carbocycles. The number of hydrogen-bond donors (Lipinski definition) is 0. The lowest BCUT2D eigenvalue weighted by atomic mass is 10.1. The Kier molecular flexibility index (Phi) is 6.54. The summed E-state index contributed by atoms with van der Waals surface area (Å²) in [6, 6.07) is 30.2. The highest BCUT2D eigenvalue weighted by Gasteiger charge is 2.29. The van der Waals surface area contributed by atoms with E-state index in [1.807, 2.05) is 97.1 Å². The minimum Gasteiger partial charge on any atom is -0.281 e. The van der Waals surface area contributed by atoms with Crippen molar-refractivity contribution >= 4 is 63.6 Å². The summed E-state index contributed by atoms with van der Waals surface area (Å²) in [6.07, 6.45) is 0. The molecule has 0 saturated heterocycles. The summed E-state index contributed by atoms with van der Waals surface area (Å²) < 4.78 is 0. The van der Waals surface area contributed by atoms with Crippen LogP contribution in [0.1, 0.15) is 20.8 Å². The van der Waals surface area contributed by atoms with Crippen LogP contribution in [0.25, 0.3) is 0 Å². The molecular weight excluding hydrogens is 482 g/mol. The Hall–Kier alpha value is -4.36. The minimum absolute atomic E-state index is 0.113. The lowest BCUT2D eigenvalue weighted by Crippen LogP contribution is -2.27. The van der Waals surface area contributed by atoms with Crippen LogP contribution in [-0.4, -0.2) is 17.7 Å². The highest BCUT2D eigenvalue weighted by Crippen LogP contribution is 2.51. The van der Waals surface area contributed by atoms with E-state index >= 15 is 0 Å². The SMILES string of the molecule is CC(=O)N(c1ccccc1)c1ccc2c(c1)Sc1cc(N(C(C)=O)c3ccccc3)ccc1N2C(C)=O. The van der Waals surface area contributed by atoms with Crippen molar-refractivity contribution in [3.63, 3.8) is 0 Å². The lowest BCUT2D eigenvalue weighted by Gasteiger charge is -2.32. The van der Waals surface area contributed by atoms with E-state index in [4.69, 9.17) is 0 Å². The van der Waals surface area contributed by atoms with Gasteiger partial charge in [-0.2, -0.15) is 0 Å². The van der Waals surface area contributed by atoms with Gasteiger partial charge in [0, 0.05) is 41.9 Å². The zero-order valence-electron chi connectivity index (χ0n) is 20.7. The van der Waals surface area contributed by atoms with Gasteiger partial charge in [-0.05, 0) is 60.7 Å². The van der Waals surface area contributed by atoms with Crippen LogP contribution in [0.5, 0.6) is 0 Å². The maximum Gasteiger partial charge on any atom is 0.228 e. The first kappa shape index (κ1) is 24.3. The first-order chi connectivity index (χ1) is 17.8. The molecule has 0 bridgehead atoms. The molecule has 4 aromatic rings. The van der Waals surface area contributed by atoms with Crippen molar-refractivity contribution in [2.75, 3.05) is 14.7 Å². The van der Waals surface area contributed by atoms with Crippen LogP contribution in [0, 0.1) is 0 Å². The molecule has 0 aromatic heterocycles. The van der Waals surface area contributed by atoms with Crippen LogP contribution in [0.4, 0.5) is 34.1 Å². The third kappa shape index (κ3) is 4.61. The molecule has 0 N–H and O–H groups in total. The van der Waals surface area contributed by atoms with Crippen LogP contribution < -0.4 is 14.7 Å². The highest BCUT2D eigenvalue weighted by atomic mass is 32.2. The van der Waals surface area contributed by atoms with E-state index in [1.54, 1.807) is 14.7 Å². The fourth-order valence-electron chi connectivity index (χ4n) is 4.58. The maximum absolute atomic E-state index is 12.8. The Bertz CT molecular complexity index is 1400. The smallest absolute Gasteiger partial charge is 0.228 e. The summed E-state index contributed by atoms with van der Waals surface area (Å²) in [5, 5.41) is 0. The molecule has 37 heavy (non-hydrogen) atoms. The van der Waals surface area contributed by atoms with Gasteiger partial charge in [0.15, 0.2) is 0 Å². The normalized spacial score (nSPS) is 11.8. The van der Waals surface area contributed by atoms with Gasteiger partial charge in [0.25, 0.3) is 0 Å². The average molecular weight is 508 g/mol. The average Bonchev–Trinajstić information content (AvgIpc) is 2.88. The van der Waals surface area contributed by atoms with Gasteiger partial charge in [-0.1, -0.05) is 48.2 Å². The van der Waals surface area contributed by atoms with Gasteiger partial charge in [0.1, 0.15) is 0 Å². The monoisotopic (exact) mass is 507 g/mol. The fraction of sp³-hybridized carbons (Fsp3) is 0.100. The van der Waals surface area contributed by atoms with Gasteiger partial charge in [0.2, 0.25) is 17.7 Å². The maximum atomic E-state index is 12.8. The quantitative estimate of drug-likeness (QED) is 0.293. The molecule has 184 valence electrons. The number of amides is 3.